The first-order valence-electron chi connectivity index (χ1n) is 8.05. The Labute approximate surface area is 134 Å². The Hall–Kier alpha value is -1.16. The summed E-state index contributed by atoms with van der Waals surface area (Å²) in [6, 6.07) is 0. The van der Waals surface area contributed by atoms with Gasteiger partial charge in [-0.2, -0.15) is 0 Å². The molecule has 126 valence electrons. The zero-order valence-corrected chi connectivity index (χ0v) is 15.0. The lowest BCUT2D eigenvalue weighted by molar-refractivity contribution is -0.141. The predicted octanol–water partition coefficient (Wildman–Crippen LogP) is 3.42. The van der Waals surface area contributed by atoms with Crippen molar-refractivity contribution in [2.24, 2.45) is 16.7 Å². The summed E-state index contributed by atoms with van der Waals surface area (Å²) in [6.07, 6.45) is 1.12. The third-order valence-corrected chi connectivity index (χ3v) is 4.36. The number of imide groups is 1. The van der Waals surface area contributed by atoms with Crippen LogP contribution < -0.4 is 0 Å². The molecule has 1 atom stereocenters. The van der Waals surface area contributed by atoms with Crippen molar-refractivity contribution in [2.75, 3.05) is 19.8 Å². The minimum atomic E-state index is -0.208. The second-order valence-corrected chi connectivity index (χ2v) is 8.22. The van der Waals surface area contributed by atoms with E-state index in [1.54, 1.807) is 0 Å². The molecule has 1 unspecified atom stereocenters. The minimum Gasteiger partial charge on any atom is -0.379 e. The Morgan fingerprint density at radius 1 is 1.18 bits per heavy atom. The molecular formula is C18H31NO3. The zero-order chi connectivity index (χ0) is 17.1. The van der Waals surface area contributed by atoms with Crippen LogP contribution >= 0.6 is 0 Å². The van der Waals surface area contributed by atoms with Gasteiger partial charge in [0, 0.05) is 6.42 Å². The molecule has 4 nitrogen and oxygen atoms in total. The number of hydrogen-bond acceptors (Lipinski definition) is 3. The second-order valence-electron chi connectivity index (χ2n) is 8.22. The van der Waals surface area contributed by atoms with Gasteiger partial charge in [0.15, 0.2) is 0 Å². The van der Waals surface area contributed by atoms with Crippen molar-refractivity contribution in [1.82, 2.24) is 4.90 Å². The normalized spacial score (nSPS) is 19.9. The highest BCUT2D eigenvalue weighted by Crippen LogP contribution is 2.35. The number of amides is 2. The lowest BCUT2D eigenvalue weighted by Crippen LogP contribution is -2.36. The summed E-state index contributed by atoms with van der Waals surface area (Å²) in [4.78, 5) is 25.6. The van der Waals surface area contributed by atoms with Gasteiger partial charge in [-0.05, 0) is 17.3 Å². The molecule has 1 saturated heterocycles. The summed E-state index contributed by atoms with van der Waals surface area (Å²) in [6.45, 7) is 17.8. The number of ether oxygens (including phenoxy) is 1. The highest BCUT2D eigenvalue weighted by atomic mass is 16.5. The summed E-state index contributed by atoms with van der Waals surface area (Å²) >= 11 is 0. The van der Waals surface area contributed by atoms with E-state index in [1.165, 1.54) is 4.90 Å². The topological polar surface area (TPSA) is 46.6 Å². The Bertz CT molecular complexity index is 440. The number of carbonyl (C=O) groups excluding carboxylic acids is 2. The molecule has 0 saturated carbocycles. The average Bonchev–Trinajstić information content (AvgIpc) is 2.64. The number of likely N-dealkylation sites (tertiary alicyclic amines) is 1. The fourth-order valence-corrected chi connectivity index (χ4v) is 2.42. The van der Waals surface area contributed by atoms with E-state index in [2.05, 4.69) is 27.4 Å². The van der Waals surface area contributed by atoms with Crippen LogP contribution in [0.2, 0.25) is 0 Å². The van der Waals surface area contributed by atoms with Crippen LogP contribution in [0.25, 0.3) is 0 Å². The SMILES string of the molecule is C=C(CCOCCN1C(=O)CC(C(C)(C)C)C1=O)C(C)(C)C. The van der Waals surface area contributed by atoms with E-state index in [-0.39, 0.29) is 28.6 Å². The van der Waals surface area contributed by atoms with Crippen molar-refractivity contribution in [1.29, 1.82) is 0 Å². The van der Waals surface area contributed by atoms with Gasteiger partial charge in [0.2, 0.25) is 11.8 Å². The van der Waals surface area contributed by atoms with Gasteiger partial charge >= 0.3 is 0 Å². The molecule has 0 aromatic carbocycles. The minimum absolute atomic E-state index is 0.0554. The van der Waals surface area contributed by atoms with Gasteiger partial charge in [-0.3, -0.25) is 14.5 Å². The molecule has 2 amide bonds. The van der Waals surface area contributed by atoms with Crippen LogP contribution in [0.5, 0.6) is 0 Å². The molecule has 1 aliphatic heterocycles. The first kappa shape index (κ1) is 18.9. The fraction of sp³-hybridized carbons (Fsp3) is 0.778. The summed E-state index contributed by atoms with van der Waals surface area (Å²) in [5, 5.41) is 0. The van der Waals surface area contributed by atoms with Gasteiger partial charge in [-0.1, -0.05) is 53.7 Å². The van der Waals surface area contributed by atoms with Crippen LogP contribution in [0, 0.1) is 16.7 Å². The summed E-state index contributed by atoms with van der Waals surface area (Å²) in [5.74, 6) is -0.339. The molecule has 1 fully saturated rings. The molecule has 0 radical (unpaired) electrons. The molecular weight excluding hydrogens is 278 g/mol. The summed E-state index contributed by atoms with van der Waals surface area (Å²) in [7, 11) is 0. The molecule has 4 heteroatoms. The Balaban J connectivity index is 2.36. The van der Waals surface area contributed by atoms with E-state index in [9.17, 15) is 9.59 Å². The first-order chi connectivity index (χ1) is 9.94. The molecule has 0 aromatic heterocycles. The Kier molecular flexibility index (Phi) is 5.96. The molecule has 0 spiro atoms. The monoisotopic (exact) mass is 309 g/mol. The van der Waals surface area contributed by atoms with Gasteiger partial charge in [0.25, 0.3) is 0 Å². The van der Waals surface area contributed by atoms with E-state index in [0.717, 1.165) is 12.0 Å². The maximum atomic E-state index is 12.3. The quantitative estimate of drug-likeness (QED) is 0.429. The van der Waals surface area contributed by atoms with Gasteiger partial charge in [-0.15, -0.1) is 0 Å². The molecule has 1 heterocycles. The number of carbonyl (C=O) groups is 2. The fourth-order valence-electron chi connectivity index (χ4n) is 2.42. The van der Waals surface area contributed by atoms with E-state index in [1.807, 2.05) is 20.8 Å². The summed E-state index contributed by atoms with van der Waals surface area (Å²) in [5.41, 5.74) is 1.06. The zero-order valence-electron chi connectivity index (χ0n) is 15.0. The number of rotatable bonds is 6. The highest BCUT2D eigenvalue weighted by Gasteiger charge is 2.44. The van der Waals surface area contributed by atoms with Crippen molar-refractivity contribution in [3.63, 3.8) is 0 Å². The van der Waals surface area contributed by atoms with Gasteiger partial charge < -0.3 is 4.74 Å². The maximum Gasteiger partial charge on any atom is 0.233 e. The predicted molar refractivity (Wildman–Crippen MR) is 88.3 cm³/mol. The van der Waals surface area contributed by atoms with Crippen molar-refractivity contribution in [3.8, 4) is 0 Å². The van der Waals surface area contributed by atoms with Crippen LogP contribution in [-0.2, 0) is 14.3 Å². The largest absolute Gasteiger partial charge is 0.379 e. The van der Waals surface area contributed by atoms with Crippen molar-refractivity contribution >= 4 is 11.8 Å². The smallest absolute Gasteiger partial charge is 0.233 e. The third kappa shape index (κ3) is 4.94. The van der Waals surface area contributed by atoms with E-state index >= 15 is 0 Å². The third-order valence-electron chi connectivity index (χ3n) is 4.36. The van der Waals surface area contributed by atoms with Gasteiger partial charge in [0.1, 0.15) is 0 Å². The van der Waals surface area contributed by atoms with Crippen molar-refractivity contribution in [2.45, 2.75) is 54.4 Å². The molecule has 0 bridgehead atoms. The highest BCUT2D eigenvalue weighted by molar-refractivity contribution is 6.03. The molecule has 0 N–H and O–H groups in total. The summed E-state index contributed by atoms with van der Waals surface area (Å²) < 4.78 is 5.57. The van der Waals surface area contributed by atoms with Crippen molar-refractivity contribution in [3.05, 3.63) is 12.2 Å². The molecule has 0 aliphatic carbocycles. The van der Waals surface area contributed by atoms with Gasteiger partial charge in [0.05, 0.1) is 25.7 Å². The van der Waals surface area contributed by atoms with Crippen molar-refractivity contribution < 1.29 is 14.3 Å². The van der Waals surface area contributed by atoms with Gasteiger partial charge in [-0.25, -0.2) is 0 Å². The lowest BCUT2D eigenvalue weighted by Gasteiger charge is -2.25. The standard InChI is InChI=1S/C18H31NO3/c1-13(17(2,3)4)8-10-22-11-9-19-15(20)12-14(16(19)21)18(5,6)7/h14H,1,8-12H2,2-7H3. The van der Waals surface area contributed by atoms with E-state index in [4.69, 9.17) is 4.74 Å². The van der Waals surface area contributed by atoms with Crippen LogP contribution in [0.1, 0.15) is 54.4 Å². The van der Waals surface area contributed by atoms with Crippen LogP contribution in [0.3, 0.4) is 0 Å². The van der Waals surface area contributed by atoms with Crippen LogP contribution in [-0.4, -0.2) is 36.5 Å². The first-order valence-corrected chi connectivity index (χ1v) is 8.05. The number of nitrogens with zero attached hydrogens (tertiary/aromatic N) is 1. The maximum absolute atomic E-state index is 12.3. The Morgan fingerprint density at radius 2 is 1.77 bits per heavy atom. The van der Waals surface area contributed by atoms with Crippen LogP contribution in [0.4, 0.5) is 0 Å². The lowest BCUT2D eigenvalue weighted by atomic mass is 9.80. The second kappa shape index (κ2) is 6.95. The van der Waals surface area contributed by atoms with E-state index < -0.39 is 0 Å². The Morgan fingerprint density at radius 3 is 2.23 bits per heavy atom. The molecule has 0 aromatic rings. The average molecular weight is 309 g/mol. The molecule has 22 heavy (non-hydrogen) atoms. The molecule has 1 rings (SSSR count). The number of hydrogen-bond donors (Lipinski definition) is 0. The van der Waals surface area contributed by atoms with E-state index in [0.29, 0.717) is 26.2 Å². The molecule has 1 aliphatic rings. The van der Waals surface area contributed by atoms with Crippen LogP contribution in [0.15, 0.2) is 12.2 Å².